The van der Waals surface area contributed by atoms with Gasteiger partial charge in [0.2, 0.25) is 5.96 Å². The van der Waals surface area contributed by atoms with Gasteiger partial charge in [0.25, 0.3) is 0 Å². The Morgan fingerprint density at radius 2 is 2.36 bits per heavy atom. The molecule has 1 rings (SSSR count). The zero-order valence-electron chi connectivity index (χ0n) is 5.86. The van der Waals surface area contributed by atoms with E-state index >= 15 is 0 Å². The molecule has 0 fully saturated rings. The third-order valence-electron chi connectivity index (χ3n) is 0.992. The molecule has 1 heterocycles. The number of nitrogens with two attached hydrogens (primary N) is 2. The van der Waals surface area contributed by atoms with E-state index in [0.29, 0.717) is 0 Å². The van der Waals surface area contributed by atoms with Crippen LogP contribution in [0, 0.1) is 0 Å². The lowest BCUT2D eigenvalue weighted by Gasteiger charge is -1.83. The molecule has 0 aliphatic heterocycles. The van der Waals surface area contributed by atoms with Crippen LogP contribution in [0.3, 0.4) is 0 Å². The van der Waals surface area contributed by atoms with Gasteiger partial charge in [-0.25, -0.2) is 0 Å². The van der Waals surface area contributed by atoms with Crippen molar-refractivity contribution >= 4 is 12.2 Å². The normalized spacial score (nSPS) is 10.2. The minimum absolute atomic E-state index is 0.0483. The van der Waals surface area contributed by atoms with Crippen molar-refractivity contribution in [2.24, 2.45) is 21.7 Å². The lowest BCUT2D eigenvalue weighted by Crippen LogP contribution is -2.21. The molecule has 0 atom stereocenters. The molecule has 0 unspecified atom stereocenters. The van der Waals surface area contributed by atoms with Crippen molar-refractivity contribution in [1.82, 2.24) is 4.98 Å². The SMILES string of the molecule is NC(N)=NN=Cc1ccc[nH]1. The summed E-state index contributed by atoms with van der Waals surface area (Å²) < 4.78 is 0. The van der Waals surface area contributed by atoms with Crippen LogP contribution in [0.4, 0.5) is 0 Å². The molecule has 0 aliphatic rings. The maximum Gasteiger partial charge on any atom is 0.211 e. The van der Waals surface area contributed by atoms with Gasteiger partial charge in [-0.3, -0.25) is 0 Å². The zero-order valence-corrected chi connectivity index (χ0v) is 5.86. The van der Waals surface area contributed by atoms with E-state index in [2.05, 4.69) is 15.2 Å². The van der Waals surface area contributed by atoms with E-state index in [9.17, 15) is 0 Å². The third kappa shape index (κ3) is 2.53. The number of guanidine groups is 1. The second-order valence-electron chi connectivity index (χ2n) is 1.89. The van der Waals surface area contributed by atoms with Gasteiger partial charge in [-0.2, -0.15) is 5.10 Å². The van der Waals surface area contributed by atoms with Crippen molar-refractivity contribution in [2.45, 2.75) is 0 Å². The number of rotatable bonds is 2. The van der Waals surface area contributed by atoms with Crippen molar-refractivity contribution in [2.75, 3.05) is 0 Å². The third-order valence-corrected chi connectivity index (χ3v) is 0.992. The average molecular weight is 151 g/mol. The summed E-state index contributed by atoms with van der Waals surface area (Å²) in [5.74, 6) is -0.0483. The van der Waals surface area contributed by atoms with E-state index < -0.39 is 0 Å². The van der Waals surface area contributed by atoms with Crippen LogP contribution in [-0.2, 0) is 0 Å². The van der Waals surface area contributed by atoms with Crippen molar-refractivity contribution in [3.8, 4) is 0 Å². The number of nitrogens with one attached hydrogen (secondary N) is 1. The summed E-state index contributed by atoms with van der Waals surface area (Å²) in [6.07, 6.45) is 3.32. The average Bonchev–Trinajstić information content (AvgIpc) is 2.39. The maximum absolute atomic E-state index is 5.04. The van der Waals surface area contributed by atoms with Crippen LogP contribution in [0.5, 0.6) is 0 Å². The first-order valence-electron chi connectivity index (χ1n) is 3.04. The predicted molar refractivity (Wildman–Crippen MR) is 44.2 cm³/mol. The summed E-state index contributed by atoms with van der Waals surface area (Å²) in [7, 11) is 0. The fourth-order valence-electron chi connectivity index (χ4n) is 0.582. The molecule has 5 heteroatoms. The van der Waals surface area contributed by atoms with Crippen LogP contribution in [0.2, 0.25) is 0 Å². The summed E-state index contributed by atoms with van der Waals surface area (Å²) in [6, 6.07) is 3.71. The monoisotopic (exact) mass is 151 g/mol. The number of hydrogen-bond donors (Lipinski definition) is 3. The summed E-state index contributed by atoms with van der Waals surface area (Å²) >= 11 is 0. The van der Waals surface area contributed by atoms with E-state index in [1.54, 1.807) is 6.20 Å². The molecule has 0 spiro atoms. The summed E-state index contributed by atoms with van der Waals surface area (Å²) in [5.41, 5.74) is 10.9. The highest BCUT2D eigenvalue weighted by Gasteiger charge is 1.82. The van der Waals surface area contributed by atoms with Crippen LogP contribution >= 0.6 is 0 Å². The maximum atomic E-state index is 5.04. The van der Waals surface area contributed by atoms with Crippen LogP contribution in [0.25, 0.3) is 0 Å². The number of hydrogen-bond acceptors (Lipinski definition) is 2. The number of aromatic nitrogens is 1. The van der Waals surface area contributed by atoms with Crippen LogP contribution in [0.1, 0.15) is 5.69 Å². The van der Waals surface area contributed by atoms with E-state index in [-0.39, 0.29) is 5.96 Å². The second-order valence-corrected chi connectivity index (χ2v) is 1.89. The topological polar surface area (TPSA) is 92.6 Å². The van der Waals surface area contributed by atoms with Gasteiger partial charge in [-0.1, -0.05) is 0 Å². The molecule has 58 valence electrons. The largest absolute Gasteiger partial charge is 0.369 e. The van der Waals surface area contributed by atoms with Gasteiger partial charge in [0.05, 0.1) is 11.9 Å². The Bertz CT molecular complexity index is 255. The van der Waals surface area contributed by atoms with Gasteiger partial charge in [-0.05, 0) is 12.1 Å². The van der Waals surface area contributed by atoms with Crippen molar-refractivity contribution in [3.05, 3.63) is 24.0 Å². The first kappa shape index (κ1) is 7.33. The van der Waals surface area contributed by atoms with Gasteiger partial charge < -0.3 is 16.5 Å². The number of nitrogens with zero attached hydrogens (tertiary/aromatic N) is 2. The molecule has 0 amide bonds. The predicted octanol–water partition coefficient (Wildman–Crippen LogP) is -0.378. The highest BCUT2D eigenvalue weighted by atomic mass is 15.3. The van der Waals surface area contributed by atoms with Crippen molar-refractivity contribution in [1.29, 1.82) is 0 Å². The Kier molecular flexibility index (Phi) is 2.27. The Balaban J connectivity index is 2.56. The van der Waals surface area contributed by atoms with Crippen molar-refractivity contribution < 1.29 is 0 Å². The van der Waals surface area contributed by atoms with Gasteiger partial charge >= 0.3 is 0 Å². The number of H-pyrrole nitrogens is 1. The van der Waals surface area contributed by atoms with Gasteiger partial charge in [0, 0.05) is 6.20 Å². The number of aromatic amines is 1. The first-order valence-corrected chi connectivity index (χ1v) is 3.04. The van der Waals surface area contributed by atoms with E-state index in [1.165, 1.54) is 6.21 Å². The molecule has 1 aromatic heterocycles. The second kappa shape index (κ2) is 3.40. The molecular weight excluding hydrogens is 142 g/mol. The van der Waals surface area contributed by atoms with Crippen molar-refractivity contribution in [3.63, 3.8) is 0 Å². The van der Waals surface area contributed by atoms with E-state index in [4.69, 9.17) is 11.5 Å². The van der Waals surface area contributed by atoms with Crippen LogP contribution in [0.15, 0.2) is 28.5 Å². The molecule has 0 bridgehead atoms. The molecule has 1 aromatic rings. The molecule has 11 heavy (non-hydrogen) atoms. The Morgan fingerprint density at radius 3 is 2.91 bits per heavy atom. The standard InChI is InChI=1S/C6H9N5/c7-6(8)11-10-4-5-2-1-3-9-5/h1-4,9H,(H4,7,8,11). The molecule has 0 aliphatic carbocycles. The molecule has 0 aromatic carbocycles. The Hall–Kier alpha value is -1.78. The summed E-state index contributed by atoms with van der Waals surface area (Å²) in [6.45, 7) is 0. The molecule has 5 N–H and O–H groups in total. The first-order chi connectivity index (χ1) is 5.29. The molecule has 0 radical (unpaired) electrons. The van der Waals surface area contributed by atoms with Crippen LogP contribution < -0.4 is 11.5 Å². The Labute approximate surface area is 63.8 Å². The minimum Gasteiger partial charge on any atom is -0.369 e. The highest BCUT2D eigenvalue weighted by molar-refractivity contribution is 5.79. The molecule has 0 saturated carbocycles. The zero-order chi connectivity index (χ0) is 8.10. The van der Waals surface area contributed by atoms with Gasteiger partial charge in [0.1, 0.15) is 0 Å². The Morgan fingerprint density at radius 1 is 1.55 bits per heavy atom. The molecular formula is C6H9N5. The lowest BCUT2D eigenvalue weighted by molar-refractivity contribution is 1.21. The van der Waals surface area contributed by atoms with Gasteiger partial charge in [-0.15, -0.1) is 5.10 Å². The fourth-order valence-corrected chi connectivity index (χ4v) is 0.582. The highest BCUT2D eigenvalue weighted by Crippen LogP contribution is 1.88. The van der Waals surface area contributed by atoms with Gasteiger partial charge in [0.15, 0.2) is 0 Å². The van der Waals surface area contributed by atoms with E-state index in [0.717, 1.165) is 5.69 Å². The van der Waals surface area contributed by atoms with E-state index in [1.807, 2.05) is 12.1 Å². The summed E-state index contributed by atoms with van der Waals surface area (Å²) in [5, 5.41) is 7.02. The minimum atomic E-state index is -0.0483. The lowest BCUT2D eigenvalue weighted by atomic mass is 10.5. The quantitative estimate of drug-likeness (QED) is 0.305. The molecule has 5 nitrogen and oxygen atoms in total. The smallest absolute Gasteiger partial charge is 0.211 e. The molecule has 0 saturated heterocycles. The fraction of sp³-hybridized carbons (Fsp3) is 0. The summed E-state index contributed by atoms with van der Waals surface area (Å²) in [4.78, 5) is 2.91. The van der Waals surface area contributed by atoms with Crippen LogP contribution in [-0.4, -0.2) is 17.2 Å².